The molecule has 0 aromatic carbocycles. The average Bonchev–Trinajstić information content (AvgIpc) is 2.39. The van der Waals surface area contributed by atoms with Gasteiger partial charge in [0.25, 0.3) is 0 Å². The zero-order valence-corrected chi connectivity index (χ0v) is 12.0. The van der Waals surface area contributed by atoms with Crippen LogP contribution in [0.4, 0.5) is 5.82 Å². The Morgan fingerprint density at radius 3 is 2.58 bits per heavy atom. The standard InChI is InChI=1S/C14H22N4O/c1-11(2)10-17-6-8-18(9-7-17)13-4-5-15-14(16-13)12(3)19/h4-5,11H,6-10H2,1-3H3. The van der Waals surface area contributed by atoms with E-state index in [9.17, 15) is 4.79 Å². The maximum atomic E-state index is 11.3. The number of piperazine rings is 1. The second-order valence-electron chi connectivity index (χ2n) is 5.48. The number of aromatic nitrogens is 2. The van der Waals surface area contributed by atoms with Gasteiger partial charge < -0.3 is 4.90 Å². The first-order valence-corrected chi connectivity index (χ1v) is 6.87. The molecule has 19 heavy (non-hydrogen) atoms. The van der Waals surface area contributed by atoms with Crippen molar-refractivity contribution in [2.75, 3.05) is 37.6 Å². The van der Waals surface area contributed by atoms with Crippen LogP contribution in [0.1, 0.15) is 31.4 Å². The van der Waals surface area contributed by atoms with Crippen LogP contribution < -0.4 is 4.90 Å². The Hall–Kier alpha value is -1.49. The van der Waals surface area contributed by atoms with Gasteiger partial charge in [-0.1, -0.05) is 13.8 Å². The minimum atomic E-state index is -0.0831. The summed E-state index contributed by atoms with van der Waals surface area (Å²) in [4.78, 5) is 24.3. The number of rotatable bonds is 4. The normalized spacial score (nSPS) is 16.9. The first-order valence-electron chi connectivity index (χ1n) is 6.87. The zero-order chi connectivity index (χ0) is 13.8. The Kier molecular flexibility index (Phi) is 4.47. The van der Waals surface area contributed by atoms with E-state index in [1.165, 1.54) is 6.92 Å². The largest absolute Gasteiger partial charge is 0.354 e. The molecule has 0 amide bonds. The van der Waals surface area contributed by atoms with Crippen molar-refractivity contribution in [2.45, 2.75) is 20.8 Å². The minimum Gasteiger partial charge on any atom is -0.354 e. The van der Waals surface area contributed by atoms with E-state index >= 15 is 0 Å². The summed E-state index contributed by atoms with van der Waals surface area (Å²) in [6.07, 6.45) is 1.67. The number of carbonyl (C=O) groups is 1. The van der Waals surface area contributed by atoms with Gasteiger partial charge in [0.15, 0.2) is 11.6 Å². The molecule has 104 valence electrons. The number of ketones is 1. The number of carbonyl (C=O) groups excluding carboxylic acids is 1. The van der Waals surface area contributed by atoms with Crippen LogP contribution in [-0.4, -0.2) is 53.4 Å². The van der Waals surface area contributed by atoms with Gasteiger partial charge in [0.1, 0.15) is 5.82 Å². The fourth-order valence-electron chi connectivity index (χ4n) is 2.37. The lowest BCUT2D eigenvalue weighted by Gasteiger charge is -2.36. The van der Waals surface area contributed by atoms with Crippen LogP contribution in [-0.2, 0) is 0 Å². The SMILES string of the molecule is CC(=O)c1nccc(N2CCN(CC(C)C)CC2)n1. The number of hydrogen-bond acceptors (Lipinski definition) is 5. The maximum absolute atomic E-state index is 11.3. The molecule has 1 fully saturated rings. The van der Waals surface area contributed by atoms with Gasteiger partial charge in [-0.25, -0.2) is 9.97 Å². The number of anilines is 1. The fraction of sp³-hybridized carbons (Fsp3) is 0.643. The lowest BCUT2D eigenvalue weighted by Crippen LogP contribution is -2.47. The molecular weight excluding hydrogens is 240 g/mol. The molecular formula is C14H22N4O. The molecule has 0 atom stereocenters. The van der Waals surface area contributed by atoms with Crippen molar-refractivity contribution >= 4 is 11.6 Å². The third kappa shape index (κ3) is 3.73. The first-order chi connectivity index (χ1) is 9.06. The third-order valence-corrected chi connectivity index (χ3v) is 3.28. The highest BCUT2D eigenvalue weighted by Crippen LogP contribution is 2.14. The summed E-state index contributed by atoms with van der Waals surface area (Å²) < 4.78 is 0. The summed E-state index contributed by atoms with van der Waals surface area (Å²) >= 11 is 0. The summed E-state index contributed by atoms with van der Waals surface area (Å²) in [5.74, 6) is 1.79. The Bertz CT molecular complexity index is 439. The predicted molar refractivity (Wildman–Crippen MR) is 75.5 cm³/mol. The summed E-state index contributed by atoms with van der Waals surface area (Å²) in [7, 11) is 0. The number of nitrogens with zero attached hydrogens (tertiary/aromatic N) is 4. The van der Waals surface area contributed by atoms with E-state index in [1.54, 1.807) is 6.20 Å². The van der Waals surface area contributed by atoms with Crippen molar-refractivity contribution in [3.05, 3.63) is 18.1 Å². The van der Waals surface area contributed by atoms with Gasteiger partial charge in [0.05, 0.1) is 0 Å². The summed E-state index contributed by atoms with van der Waals surface area (Å²) in [6, 6.07) is 1.88. The molecule has 0 bridgehead atoms. The molecule has 0 spiro atoms. The second-order valence-corrected chi connectivity index (χ2v) is 5.48. The molecule has 1 aliphatic rings. The Labute approximate surface area is 114 Å². The Morgan fingerprint density at radius 1 is 1.32 bits per heavy atom. The van der Waals surface area contributed by atoms with Crippen LogP contribution in [0.15, 0.2) is 12.3 Å². The molecule has 1 aliphatic heterocycles. The van der Waals surface area contributed by atoms with E-state index in [0.29, 0.717) is 11.7 Å². The van der Waals surface area contributed by atoms with Gasteiger partial charge in [-0.05, 0) is 12.0 Å². The van der Waals surface area contributed by atoms with Crippen LogP contribution in [0.3, 0.4) is 0 Å². The first kappa shape index (κ1) is 13.9. The molecule has 5 nitrogen and oxygen atoms in total. The molecule has 5 heteroatoms. The van der Waals surface area contributed by atoms with E-state index in [1.807, 2.05) is 6.07 Å². The van der Waals surface area contributed by atoms with Crippen molar-refractivity contribution < 1.29 is 4.79 Å². The van der Waals surface area contributed by atoms with Crippen LogP contribution in [0.5, 0.6) is 0 Å². The maximum Gasteiger partial charge on any atom is 0.197 e. The molecule has 1 aromatic heterocycles. The lowest BCUT2D eigenvalue weighted by molar-refractivity contribution is 0.100. The molecule has 0 radical (unpaired) electrons. The van der Waals surface area contributed by atoms with Crippen LogP contribution in [0, 0.1) is 5.92 Å². The molecule has 1 aromatic rings. The van der Waals surface area contributed by atoms with Crippen molar-refractivity contribution in [2.24, 2.45) is 5.92 Å². The summed E-state index contributed by atoms with van der Waals surface area (Å²) in [5.41, 5.74) is 0. The summed E-state index contributed by atoms with van der Waals surface area (Å²) in [5, 5.41) is 0. The minimum absolute atomic E-state index is 0.0831. The molecule has 2 heterocycles. The van der Waals surface area contributed by atoms with Crippen molar-refractivity contribution in [1.29, 1.82) is 0 Å². The van der Waals surface area contributed by atoms with Crippen LogP contribution in [0.2, 0.25) is 0 Å². The van der Waals surface area contributed by atoms with E-state index < -0.39 is 0 Å². The van der Waals surface area contributed by atoms with E-state index in [2.05, 4.69) is 33.6 Å². The van der Waals surface area contributed by atoms with E-state index in [0.717, 1.165) is 38.5 Å². The topological polar surface area (TPSA) is 49.3 Å². The highest BCUT2D eigenvalue weighted by molar-refractivity contribution is 5.90. The van der Waals surface area contributed by atoms with Crippen molar-refractivity contribution in [1.82, 2.24) is 14.9 Å². The van der Waals surface area contributed by atoms with Gasteiger partial charge >= 0.3 is 0 Å². The zero-order valence-electron chi connectivity index (χ0n) is 12.0. The van der Waals surface area contributed by atoms with Crippen LogP contribution >= 0.6 is 0 Å². The highest BCUT2D eigenvalue weighted by Gasteiger charge is 2.19. The van der Waals surface area contributed by atoms with Gasteiger partial charge in [-0.2, -0.15) is 0 Å². The molecule has 2 rings (SSSR count). The van der Waals surface area contributed by atoms with Crippen molar-refractivity contribution in [3.8, 4) is 0 Å². The van der Waals surface area contributed by atoms with E-state index in [-0.39, 0.29) is 5.78 Å². The fourth-order valence-corrected chi connectivity index (χ4v) is 2.37. The molecule has 0 aliphatic carbocycles. The smallest absolute Gasteiger partial charge is 0.197 e. The number of Topliss-reactive ketones (excluding diaryl/α,β-unsaturated/α-hetero) is 1. The van der Waals surface area contributed by atoms with Gasteiger partial charge in [-0.15, -0.1) is 0 Å². The monoisotopic (exact) mass is 262 g/mol. The summed E-state index contributed by atoms with van der Waals surface area (Å²) in [6.45, 7) is 11.2. The van der Waals surface area contributed by atoms with Crippen molar-refractivity contribution in [3.63, 3.8) is 0 Å². The molecule has 1 saturated heterocycles. The Morgan fingerprint density at radius 2 is 2.00 bits per heavy atom. The third-order valence-electron chi connectivity index (χ3n) is 3.28. The second kappa shape index (κ2) is 6.10. The lowest BCUT2D eigenvalue weighted by atomic mass is 10.2. The van der Waals surface area contributed by atoms with Gasteiger partial charge in [0.2, 0.25) is 0 Å². The van der Waals surface area contributed by atoms with Crippen LogP contribution in [0.25, 0.3) is 0 Å². The van der Waals surface area contributed by atoms with E-state index in [4.69, 9.17) is 0 Å². The average molecular weight is 262 g/mol. The quantitative estimate of drug-likeness (QED) is 0.769. The Balaban J connectivity index is 1.97. The molecule has 0 saturated carbocycles. The highest BCUT2D eigenvalue weighted by atomic mass is 16.1. The molecule has 0 unspecified atom stereocenters. The number of hydrogen-bond donors (Lipinski definition) is 0. The predicted octanol–water partition coefficient (Wildman–Crippen LogP) is 1.46. The van der Waals surface area contributed by atoms with Gasteiger partial charge in [0, 0.05) is 45.8 Å². The molecule has 0 N–H and O–H groups in total. The van der Waals surface area contributed by atoms with Gasteiger partial charge in [-0.3, -0.25) is 9.69 Å².